The Kier molecular flexibility index (Phi) is 3.86. The first kappa shape index (κ1) is 12.9. The Hall–Kier alpha value is -1.56. The molecule has 0 aliphatic rings. The van der Waals surface area contributed by atoms with E-state index in [0.717, 1.165) is 22.4 Å². The molecular weight excluding hydrogens is 267 g/mol. The van der Waals surface area contributed by atoms with Crippen LogP contribution in [-0.4, -0.2) is 4.98 Å². The summed E-state index contributed by atoms with van der Waals surface area (Å²) in [7, 11) is 0. The van der Waals surface area contributed by atoms with E-state index in [2.05, 4.69) is 11.1 Å². The monoisotopic (exact) mass is 276 g/mol. The summed E-state index contributed by atoms with van der Waals surface area (Å²) in [5.74, 6) is 0. The van der Waals surface area contributed by atoms with Gasteiger partial charge in [0.15, 0.2) is 0 Å². The average molecular weight is 277 g/mol. The van der Waals surface area contributed by atoms with Crippen molar-refractivity contribution in [2.24, 2.45) is 0 Å². The van der Waals surface area contributed by atoms with Crippen LogP contribution >= 0.6 is 23.2 Å². The van der Waals surface area contributed by atoms with E-state index in [9.17, 15) is 0 Å². The summed E-state index contributed by atoms with van der Waals surface area (Å²) >= 11 is 12.2. The second-order valence-corrected chi connectivity index (χ2v) is 4.67. The van der Waals surface area contributed by atoms with Crippen molar-refractivity contribution in [3.05, 3.63) is 51.6 Å². The van der Waals surface area contributed by atoms with Crippen molar-refractivity contribution < 1.29 is 0 Å². The molecule has 2 aromatic rings. The molecule has 0 bridgehead atoms. The van der Waals surface area contributed by atoms with Crippen molar-refractivity contribution in [3.63, 3.8) is 0 Å². The number of hydrogen-bond donors (Lipinski definition) is 0. The number of pyridine rings is 1. The van der Waals surface area contributed by atoms with Crippen molar-refractivity contribution in [3.8, 4) is 17.3 Å². The molecule has 1 heterocycles. The second kappa shape index (κ2) is 5.39. The maximum atomic E-state index is 8.79. The Morgan fingerprint density at radius 2 is 2.06 bits per heavy atom. The molecule has 0 unspecified atom stereocenters. The van der Waals surface area contributed by atoms with Crippen molar-refractivity contribution >= 4 is 23.2 Å². The molecule has 0 spiro atoms. The van der Waals surface area contributed by atoms with Gasteiger partial charge in [0.1, 0.15) is 0 Å². The van der Waals surface area contributed by atoms with Gasteiger partial charge in [0.2, 0.25) is 0 Å². The standard InChI is InChI=1S/C14H10Cl2N2/c1-9-10(5-7-17)6-8-18-14(9)11-3-2-4-12(15)13(11)16/h2-4,6,8H,5H2,1H3. The zero-order valence-corrected chi connectivity index (χ0v) is 11.3. The summed E-state index contributed by atoms with van der Waals surface area (Å²) in [6.07, 6.45) is 2.05. The van der Waals surface area contributed by atoms with Crippen LogP contribution in [0.4, 0.5) is 0 Å². The molecule has 4 heteroatoms. The highest BCUT2D eigenvalue weighted by Gasteiger charge is 2.12. The molecule has 0 aliphatic carbocycles. The summed E-state index contributed by atoms with van der Waals surface area (Å²) in [5.41, 5.74) is 3.48. The third-order valence-electron chi connectivity index (χ3n) is 2.79. The Balaban J connectivity index is 2.62. The van der Waals surface area contributed by atoms with Gasteiger partial charge in [0.05, 0.1) is 28.2 Å². The topological polar surface area (TPSA) is 36.7 Å². The molecule has 0 amide bonds. The summed E-state index contributed by atoms with van der Waals surface area (Å²) in [4.78, 5) is 4.34. The summed E-state index contributed by atoms with van der Waals surface area (Å²) in [5, 5.41) is 9.78. The zero-order chi connectivity index (χ0) is 13.1. The molecule has 90 valence electrons. The molecule has 2 nitrogen and oxygen atoms in total. The minimum atomic E-state index is 0.361. The minimum Gasteiger partial charge on any atom is -0.256 e. The van der Waals surface area contributed by atoms with E-state index in [0.29, 0.717) is 16.5 Å². The van der Waals surface area contributed by atoms with Crippen LogP contribution in [0.2, 0.25) is 10.0 Å². The number of halogens is 2. The Bertz CT molecular complexity index is 630. The van der Waals surface area contributed by atoms with Crippen LogP contribution in [0.1, 0.15) is 11.1 Å². The maximum Gasteiger partial charge on any atom is 0.0749 e. The van der Waals surface area contributed by atoms with Gasteiger partial charge in [-0.1, -0.05) is 35.3 Å². The first-order valence-corrected chi connectivity index (χ1v) is 6.16. The quantitative estimate of drug-likeness (QED) is 0.814. The largest absolute Gasteiger partial charge is 0.256 e. The van der Waals surface area contributed by atoms with E-state index < -0.39 is 0 Å². The van der Waals surface area contributed by atoms with Crippen LogP contribution in [0, 0.1) is 18.3 Å². The highest BCUT2D eigenvalue weighted by atomic mass is 35.5. The van der Waals surface area contributed by atoms with Gasteiger partial charge < -0.3 is 0 Å². The van der Waals surface area contributed by atoms with Crippen LogP contribution < -0.4 is 0 Å². The van der Waals surface area contributed by atoms with Gasteiger partial charge in [-0.25, -0.2) is 0 Å². The first-order chi connectivity index (χ1) is 8.65. The van der Waals surface area contributed by atoms with Gasteiger partial charge in [-0.2, -0.15) is 5.26 Å². The molecule has 18 heavy (non-hydrogen) atoms. The van der Waals surface area contributed by atoms with E-state index in [-0.39, 0.29) is 0 Å². The second-order valence-electron chi connectivity index (χ2n) is 3.88. The van der Waals surface area contributed by atoms with Crippen molar-refractivity contribution in [2.75, 3.05) is 0 Å². The SMILES string of the molecule is Cc1c(CC#N)ccnc1-c1cccc(Cl)c1Cl. The lowest BCUT2D eigenvalue weighted by Gasteiger charge is -2.10. The number of hydrogen-bond acceptors (Lipinski definition) is 2. The highest BCUT2D eigenvalue weighted by Crippen LogP contribution is 2.34. The normalized spacial score (nSPS) is 10.1. The van der Waals surface area contributed by atoms with Crippen molar-refractivity contribution in [1.82, 2.24) is 4.98 Å². The highest BCUT2D eigenvalue weighted by molar-refractivity contribution is 6.43. The lowest BCUT2D eigenvalue weighted by Crippen LogP contribution is -1.95. The Labute approximate surface area is 116 Å². The van der Waals surface area contributed by atoms with Gasteiger partial charge >= 0.3 is 0 Å². The van der Waals surface area contributed by atoms with Gasteiger partial charge in [-0.3, -0.25) is 4.98 Å². The van der Waals surface area contributed by atoms with E-state index in [4.69, 9.17) is 28.5 Å². The van der Waals surface area contributed by atoms with Crippen LogP contribution in [0.25, 0.3) is 11.3 Å². The molecule has 0 saturated heterocycles. The minimum absolute atomic E-state index is 0.361. The third kappa shape index (κ3) is 2.33. The Morgan fingerprint density at radius 3 is 2.78 bits per heavy atom. The number of benzene rings is 1. The number of nitriles is 1. The summed E-state index contributed by atoms with van der Waals surface area (Å²) < 4.78 is 0. The molecule has 0 N–H and O–H groups in total. The molecule has 2 rings (SSSR count). The average Bonchev–Trinajstić information content (AvgIpc) is 2.36. The van der Waals surface area contributed by atoms with Crippen molar-refractivity contribution in [2.45, 2.75) is 13.3 Å². The lowest BCUT2D eigenvalue weighted by molar-refractivity contribution is 1.16. The predicted molar refractivity (Wildman–Crippen MR) is 73.7 cm³/mol. The molecule has 1 aromatic heterocycles. The fourth-order valence-corrected chi connectivity index (χ4v) is 2.20. The summed E-state index contributed by atoms with van der Waals surface area (Å²) in [6.45, 7) is 1.94. The van der Waals surface area contributed by atoms with E-state index >= 15 is 0 Å². The van der Waals surface area contributed by atoms with E-state index in [1.807, 2.05) is 25.1 Å². The lowest BCUT2D eigenvalue weighted by atomic mass is 10.0. The fourth-order valence-electron chi connectivity index (χ4n) is 1.81. The zero-order valence-electron chi connectivity index (χ0n) is 9.74. The maximum absolute atomic E-state index is 8.79. The predicted octanol–water partition coefficient (Wildman–Crippen LogP) is 4.43. The molecule has 0 fully saturated rings. The number of nitrogens with zero attached hydrogens (tertiary/aromatic N) is 2. The fraction of sp³-hybridized carbons (Fsp3) is 0.143. The first-order valence-electron chi connectivity index (χ1n) is 5.41. The van der Waals surface area contributed by atoms with Gasteiger partial charge in [-0.15, -0.1) is 0 Å². The van der Waals surface area contributed by atoms with E-state index in [1.165, 1.54) is 0 Å². The molecule has 0 aliphatic heterocycles. The van der Waals surface area contributed by atoms with Crippen LogP contribution in [0.5, 0.6) is 0 Å². The number of rotatable bonds is 2. The Morgan fingerprint density at radius 1 is 1.28 bits per heavy atom. The smallest absolute Gasteiger partial charge is 0.0749 e. The molecule has 0 atom stereocenters. The number of aromatic nitrogens is 1. The van der Waals surface area contributed by atoms with Crippen LogP contribution in [0.15, 0.2) is 30.5 Å². The molecule has 0 radical (unpaired) electrons. The van der Waals surface area contributed by atoms with Crippen LogP contribution in [0.3, 0.4) is 0 Å². The summed E-state index contributed by atoms with van der Waals surface area (Å²) in [6, 6.07) is 9.44. The molecular formula is C14H10Cl2N2. The van der Waals surface area contributed by atoms with Crippen LogP contribution in [-0.2, 0) is 6.42 Å². The van der Waals surface area contributed by atoms with E-state index in [1.54, 1.807) is 12.3 Å². The van der Waals surface area contributed by atoms with Crippen molar-refractivity contribution in [1.29, 1.82) is 5.26 Å². The van der Waals surface area contributed by atoms with Gasteiger partial charge in [-0.05, 0) is 30.2 Å². The third-order valence-corrected chi connectivity index (χ3v) is 3.61. The van der Waals surface area contributed by atoms with Gasteiger partial charge in [0, 0.05) is 11.8 Å². The molecule has 1 aromatic carbocycles. The molecule has 0 saturated carbocycles. The van der Waals surface area contributed by atoms with Gasteiger partial charge in [0.25, 0.3) is 0 Å².